The zero-order valence-electron chi connectivity index (χ0n) is 11.6. The molecular formula is C14H28N2O. The van der Waals surface area contributed by atoms with Crippen LogP contribution in [0.5, 0.6) is 0 Å². The molecule has 2 N–H and O–H groups in total. The molecule has 2 saturated carbocycles. The fourth-order valence-corrected chi connectivity index (χ4v) is 3.08. The van der Waals surface area contributed by atoms with Crippen molar-refractivity contribution < 1.29 is 5.11 Å². The number of aliphatic hydroxyl groups is 1. The molecule has 3 heteroatoms. The maximum Gasteiger partial charge on any atom is 0.0628 e. The van der Waals surface area contributed by atoms with Crippen molar-refractivity contribution in [2.24, 2.45) is 11.8 Å². The Balaban J connectivity index is 1.95. The number of likely N-dealkylation sites (N-methyl/N-ethyl adjacent to an activating group) is 2. The topological polar surface area (TPSA) is 35.5 Å². The largest absolute Gasteiger partial charge is 0.394 e. The van der Waals surface area contributed by atoms with Gasteiger partial charge in [-0.3, -0.25) is 0 Å². The normalized spacial score (nSPS) is 25.9. The Labute approximate surface area is 106 Å². The van der Waals surface area contributed by atoms with Crippen LogP contribution in [0, 0.1) is 11.8 Å². The molecule has 2 fully saturated rings. The van der Waals surface area contributed by atoms with Crippen molar-refractivity contribution in [1.82, 2.24) is 10.2 Å². The SMILES string of the molecule is CCNC(CO)(CN(C)C(C)C1CC1)C1CC1. The van der Waals surface area contributed by atoms with Crippen LogP contribution in [0.4, 0.5) is 0 Å². The number of hydrogen-bond acceptors (Lipinski definition) is 3. The maximum absolute atomic E-state index is 9.81. The highest BCUT2D eigenvalue weighted by Crippen LogP contribution is 2.41. The van der Waals surface area contributed by atoms with Gasteiger partial charge in [0.15, 0.2) is 0 Å². The first kappa shape index (κ1) is 13.3. The van der Waals surface area contributed by atoms with Gasteiger partial charge in [-0.2, -0.15) is 0 Å². The molecular weight excluding hydrogens is 212 g/mol. The average Bonchev–Trinajstić information content (AvgIpc) is 3.19. The molecule has 0 spiro atoms. The van der Waals surface area contributed by atoms with E-state index in [2.05, 4.69) is 31.1 Å². The number of hydrogen-bond donors (Lipinski definition) is 2. The quantitative estimate of drug-likeness (QED) is 0.674. The summed E-state index contributed by atoms with van der Waals surface area (Å²) in [6.07, 6.45) is 5.34. The number of nitrogens with one attached hydrogen (secondary N) is 1. The smallest absolute Gasteiger partial charge is 0.0628 e. The molecule has 0 heterocycles. The second-order valence-electron chi connectivity index (χ2n) is 6.11. The summed E-state index contributed by atoms with van der Waals surface area (Å²) in [7, 11) is 2.22. The number of rotatable bonds is 8. The van der Waals surface area contributed by atoms with Gasteiger partial charge < -0.3 is 15.3 Å². The van der Waals surface area contributed by atoms with Crippen LogP contribution in [0.1, 0.15) is 39.5 Å². The third-order valence-corrected chi connectivity index (χ3v) is 4.70. The minimum absolute atomic E-state index is 0.0490. The molecule has 0 aliphatic heterocycles. The van der Waals surface area contributed by atoms with E-state index < -0.39 is 0 Å². The van der Waals surface area contributed by atoms with Crippen molar-refractivity contribution >= 4 is 0 Å². The van der Waals surface area contributed by atoms with Gasteiger partial charge in [-0.05, 0) is 58.0 Å². The van der Waals surface area contributed by atoms with Crippen molar-refractivity contribution in [1.29, 1.82) is 0 Å². The van der Waals surface area contributed by atoms with Crippen molar-refractivity contribution in [3.63, 3.8) is 0 Å². The molecule has 0 aromatic rings. The van der Waals surface area contributed by atoms with Gasteiger partial charge in [-0.15, -0.1) is 0 Å². The van der Waals surface area contributed by atoms with E-state index in [0.717, 1.165) is 19.0 Å². The predicted octanol–water partition coefficient (Wildman–Crippen LogP) is 1.47. The minimum atomic E-state index is -0.0490. The Morgan fingerprint density at radius 1 is 1.35 bits per heavy atom. The average molecular weight is 240 g/mol. The van der Waals surface area contributed by atoms with Gasteiger partial charge in [0, 0.05) is 12.6 Å². The van der Waals surface area contributed by atoms with Gasteiger partial charge in [-0.25, -0.2) is 0 Å². The molecule has 2 atom stereocenters. The molecule has 2 aliphatic carbocycles. The number of nitrogens with zero attached hydrogens (tertiary/aromatic N) is 1. The molecule has 2 unspecified atom stereocenters. The van der Waals surface area contributed by atoms with Crippen molar-refractivity contribution in [2.45, 2.75) is 51.1 Å². The zero-order valence-corrected chi connectivity index (χ0v) is 11.6. The molecule has 0 bridgehead atoms. The molecule has 0 amide bonds. The molecule has 100 valence electrons. The highest BCUT2D eigenvalue weighted by molar-refractivity contribution is 5.03. The maximum atomic E-state index is 9.81. The van der Waals surface area contributed by atoms with Crippen LogP contribution in [-0.4, -0.2) is 48.3 Å². The first-order valence-electron chi connectivity index (χ1n) is 7.19. The Morgan fingerprint density at radius 2 is 2.00 bits per heavy atom. The standard InChI is InChI=1S/C14H28N2O/c1-4-15-14(10-17,13-7-8-13)9-16(3)11(2)12-5-6-12/h11-13,15,17H,4-10H2,1-3H3. The summed E-state index contributed by atoms with van der Waals surface area (Å²) in [4.78, 5) is 2.45. The van der Waals surface area contributed by atoms with Crippen molar-refractivity contribution in [3.05, 3.63) is 0 Å². The summed E-state index contributed by atoms with van der Waals surface area (Å²) in [6.45, 7) is 6.67. The summed E-state index contributed by atoms with van der Waals surface area (Å²) in [5, 5.41) is 13.4. The van der Waals surface area contributed by atoms with E-state index in [1.54, 1.807) is 0 Å². The lowest BCUT2D eigenvalue weighted by Gasteiger charge is -2.39. The molecule has 0 aromatic carbocycles. The second kappa shape index (κ2) is 5.25. The highest BCUT2D eigenvalue weighted by atomic mass is 16.3. The van der Waals surface area contributed by atoms with Crippen LogP contribution in [0.25, 0.3) is 0 Å². The minimum Gasteiger partial charge on any atom is -0.394 e. The summed E-state index contributed by atoms with van der Waals surface area (Å²) in [5.41, 5.74) is -0.0490. The zero-order chi connectivity index (χ0) is 12.5. The Kier molecular flexibility index (Phi) is 4.11. The van der Waals surface area contributed by atoms with Crippen molar-refractivity contribution in [2.75, 3.05) is 26.7 Å². The summed E-state index contributed by atoms with van der Waals surface area (Å²) < 4.78 is 0. The molecule has 3 nitrogen and oxygen atoms in total. The van der Waals surface area contributed by atoms with E-state index in [4.69, 9.17) is 0 Å². The van der Waals surface area contributed by atoms with E-state index in [1.807, 2.05) is 0 Å². The second-order valence-corrected chi connectivity index (χ2v) is 6.11. The summed E-state index contributed by atoms with van der Waals surface area (Å²) >= 11 is 0. The van der Waals surface area contributed by atoms with Gasteiger partial charge in [0.2, 0.25) is 0 Å². The van der Waals surface area contributed by atoms with E-state index in [9.17, 15) is 5.11 Å². The van der Waals surface area contributed by atoms with Crippen LogP contribution in [0.15, 0.2) is 0 Å². The highest BCUT2D eigenvalue weighted by Gasteiger charge is 2.46. The monoisotopic (exact) mass is 240 g/mol. The third-order valence-electron chi connectivity index (χ3n) is 4.70. The lowest BCUT2D eigenvalue weighted by Crippen LogP contribution is -2.58. The molecule has 2 rings (SSSR count). The van der Waals surface area contributed by atoms with Gasteiger partial charge in [0.05, 0.1) is 12.1 Å². The molecule has 0 radical (unpaired) electrons. The first-order chi connectivity index (χ1) is 8.13. The van der Waals surface area contributed by atoms with E-state index in [1.165, 1.54) is 25.7 Å². The Bertz CT molecular complexity index is 251. The fourth-order valence-electron chi connectivity index (χ4n) is 3.08. The van der Waals surface area contributed by atoms with Crippen molar-refractivity contribution in [3.8, 4) is 0 Å². The molecule has 2 aliphatic rings. The van der Waals surface area contributed by atoms with Crippen LogP contribution < -0.4 is 5.32 Å². The predicted molar refractivity (Wildman–Crippen MR) is 71.0 cm³/mol. The molecule has 0 aromatic heterocycles. The first-order valence-corrected chi connectivity index (χ1v) is 7.19. The lowest BCUT2D eigenvalue weighted by molar-refractivity contribution is 0.0837. The fraction of sp³-hybridized carbons (Fsp3) is 1.00. The Morgan fingerprint density at radius 3 is 2.41 bits per heavy atom. The van der Waals surface area contributed by atoms with E-state index in [-0.39, 0.29) is 12.1 Å². The number of aliphatic hydroxyl groups excluding tert-OH is 1. The summed E-state index contributed by atoms with van der Waals surface area (Å²) in [5.74, 6) is 1.58. The van der Waals surface area contributed by atoms with Crippen LogP contribution in [0.3, 0.4) is 0 Å². The van der Waals surface area contributed by atoms with Crippen LogP contribution in [-0.2, 0) is 0 Å². The van der Waals surface area contributed by atoms with Gasteiger partial charge in [-0.1, -0.05) is 6.92 Å². The third kappa shape index (κ3) is 3.01. The van der Waals surface area contributed by atoms with E-state index >= 15 is 0 Å². The lowest BCUT2D eigenvalue weighted by atomic mass is 9.92. The van der Waals surface area contributed by atoms with E-state index in [0.29, 0.717) is 12.0 Å². The summed E-state index contributed by atoms with van der Waals surface area (Å²) in [6, 6.07) is 0.665. The molecule has 0 saturated heterocycles. The van der Waals surface area contributed by atoms with Crippen LogP contribution >= 0.6 is 0 Å². The molecule has 17 heavy (non-hydrogen) atoms. The van der Waals surface area contributed by atoms with Gasteiger partial charge >= 0.3 is 0 Å². The van der Waals surface area contributed by atoms with Gasteiger partial charge in [0.1, 0.15) is 0 Å². The van der Waals surface area contributed by atoms with Gasteiger partial charge in [0.25, 0.3) is 0 Å². The van der Waals surface area contributed by atoms with Crippen LogP contribution in [0.2, 0.25) is 0 Å². The Hall–Kier alpha value is -0.120.